The number of sulfonamides is 1. The first kappa shape index (κ1) is 15.9. The molecule has 0 saturated carbocycles. The van der Waals surface area contributed by atoms with E-state index in [9.17, 15) is 8.42 Å². The van der Waals surface area contributed by atoms with Gasteiger partial charge in [-0.1, -0.05) is 24.3 Å². The zero-order valence-electron chi connectivity index (χ0n) is 11.5. The second-order valence-corrected chi connectivity index (χ2v) is 6.89. The molecule has 0 spiro atoms. The number of halogens is 1. The summed E-state index contributed by atoms with van der Waals surface area (Å²) in [5, 5.41) is 0. The quantitative estimate of drug-likeness (QED) is 0.796. The molecular formula is C15H17ClN2O2S. The molecule has 1 aromatic carbocycles. The van der Waals surface area contributed by atoms with Gasteiger partial charge in [0.05, 0.1) is 5.75 Å². The van der Waals surface area contributed by atoms with Gasteiger partial charge in [0.25, 0.3) is 0 Å². The molecule has 21 heavy (non-hydrogen) atoms. The molecule has 2 aromatic rings. The van der Waals surface area contributed by atoms with Gasteiger partial charge in [0.2, 0.25) is 10.0 Å². The summed E-state index contributed by atoms with van der Waals surface area (Å²) in [6, 6.07) is 11.2. The molecule has 4 nitrogen and oxygen atoms in total. The lowest BCUT2D eigenvalue weighted by molar-refractivity contribution is 0.580. The van der Waals surface area contributed by atoms with E-state index in [0.29, 0.717) is 12.3 Å². The standard InChI is InChI=1S/C15H17ClN2O2S/c16-11-14-2-1-3-15(10-14)12-18-21(19,20)9-6-13-4-7-17-8-5-13/h1-5,7-8,10,18H,6,9,11-12H2. The van der Waals surface area contributed by atoms with Crippen LogP contribution < -0.4 is 4.72 Å². The Morgan fingerprint density at radius 1 is 1.05 bits per heavy atom. The Bertz CT molecular complexity index is 675. The lowest BCUT2D eigenvalue weighted by Gasteiger charge is -2.07. The fourth-order valence-electron chi connectivity index (χ4n) is 1.89. The van der Waals surface area contributed by atoms with E-state index in [4.69, 9.17) is 11.6 Å². The molecule has 112 valence electrons. The van der Waals surface area contributed by atoms with Crippen molar-refractivity contribution in [3.63, 3.8) is 0 Å². The summed E-state index contributed by atoms with van der Waals surface area (Å²) in [4.78, 5) is 3.91. The summed E-state index contributed by atoms with van der Waals surface area (Å²) < 4.78 is 26.6. The number of nitrogens with one attached hydrogen (secondary N) is 1. The van der Waals surface area contributed by atoms with Gasteiger partial charge in [-0.3, -0.25) is 4.98 Å². The third-order valence-electron chi connectivity index (χ3n) is 3.05. The molecule has 0 aliphatic rings. The lowest BCUT2D eigenvalue weighted by atomic mass is 10.1. The van der Waals surface area contributed by atoms with Crippen LogP contribution in [0.2, 0.25) is 0 Å². The molecule has 0 aliphatic heterocycles. The second kappa shape index (κ2) is 7.54. The summed E-state index contributed by atoms with van der Waals surface area (Å²) in [7, 11) is -3.30. The Kier molecular flexibility index (Phi) is 5.73. The maximum atomic E-state index is 12.0. The summed E-state index contributed by atoms with van der Waals surface area (Å²) in [6.45, 7) is 0.281. The maximum absolute atomic E-state index is 12.0. The van der Waals surface area contributed by atoms with Crippen LogP contribution in [0.25, 0.3) is 0 Å². The number of aromatic nitrogens is 1. The molecule has 0 saturated heterocycles. The number of aryl methyl sites for hydroxylation is 1. The van der Waals surface area contributed by atoms with E-state index in [2.05, 4.69) is 9.71 Å². The molecule has 1 N–H and O–H groups in total. The van der Waals surface area contributed by atoms with E-state index in [1.807, 2.05) is 36.4 Å². The van der Waals surface area contributed by atoms with Gasteiger partial charge in [0.15, 0.2) is 0 Å². The van der Waals surface area contributed by atoms with Crippen molar-refractivity contribution in [1.82, 2.24) is 9.71 Å². The number of hydrogen-bond acceptors (Lipinski definition) is 3. The third-order valence-corrected chi connectivity index (χ3v) is 4.69. The molecule has 2 rings (SSSR count). The molecule has 0 fully saturated rings. The van der Waals surface area contributed by atoms with Gasteiger partial charge in [-0.05, 0) is 35.2 Å². The minimum Gasteiger partial charge on any atom is -0.265 e. The number of hydrogen-bond donors (Lipinski definition) is 1. The van der Waals surface area contributed by atoms with Crippen LogP contribution in [0.1, 0.15) is 16.7 Å². The maximum Gasteiger partial charge on any atom is 0.212 e. The molecule has 0 bridgehead atoms. The topological polar surface area (TPSA) is 59.1 Å². The van der Waals surface area contributed by atoms with Crippen LogP contribution in [-0.2, 0) is 28.9 Å². The lowest BCUT2D eigenvalue weighted by Crippen LogP contribution is -2.26. The van der Waals surface area contributed by atoms with Gasteiger partial charge in [-0.15, -0.1) is 11.6 Å². The van der Waals surface area contributed by atoms with Crippen molar-refractivity contribution in [3.05, 3.63) is 65.5 Å². The third kappa shape index (κ3) is 5.46. The molecule has 1 heterocycles. The largest absolute Gasteiger partial charge is 0.265 e. The van der Waals surface area contributed by atoms with Crippen LogP contribution in [0, 0.1) is 0 Å². The van der Waals surface area contributed by atoms with Crippen LogP contribution in [0.5, 0.6) is 0 Å². The number of alkyl halides is 1. The Morgan fingerprint density at radius 3 is 2.48 bits per heavy atom. The first-order valence-corrected chi connectivity index (χ1v) is 8.78. The summed E-state index contributed by atoms with van der Waals surface area (Å²) >= 11 is 5.76. The molecule has 0 unspecified atom stereocenters. The zero-order chi connectivity index (χ0) is 15.1. The number of benzene rings is 1. The highest BCUT2D eigenvalue weighted by Crippen LogP contribution is 2.08. The number of rotatable bonds is 7. The highest BCUT2D eigenvalue weighted by Gasteiger charge is 2.10. The molecule has 0 aliphatic carbocycles. The fourth-order valence-corrected chi connectivity index (χ4v) is 3.09. The molecule has 0 atom stereocenters. The van der Waals surface area contributed by atoms with Crippen molar-refractivity contribution in [3.8, 4) is 0 Å². The number of pyridine rings is 1. The van der Waals surface area contributed by atoms with E-state index in [1.165, 1.54) is 0 Å². The summed E-state index contributed by atoms with van der Waals surface area (Å²) in [5.41, 5.74) is 2.84. The van der Waals surface area contributed by atoms with Crippen molar-refractivity contribution in [2.75, 3.05) is 5.75 Å². The van der Waals surface area contributed by atoms with Gasteiger partial charge in [-0.2, -0.15) is 0 Å². The highest BCUT2D eigenvalue weighted by atomic mass is 35.5. The van der Waals surface area contributed by atoms with Crippen molar-refractivity contribution in [2.24, 2.45) is 0 Å². The summed E-state index contributed by atoms with van der Waals surface area (Å²) in [5.74, 6) is 0.481. The van der Waals surface area contributed by atoms with Crippen LogP contribution in [0.3, 0.4) is 0 Å². The molecular weight excluding hydrogens is 308 g/mol. The van der Waals surface area contributed by atoms with Gasteiger partial charge >= 0.3 is 0 Å². The Labute approximate surface area is 130 Å². The normalized spacial score (nSPS) is 11.5. The van der Waals surface area contributed by atoms with Crippen LogP contribution in [-0.4, -0.2) is 19.2 Å². The number of nitrogens with zero attached hydrogens (tertiary/aromatic N) is 1. The van der Waals surface area contributed by atoms with Crippen molar-refractivity contribution >= 4 is 21.6 Å². The first-order chi connectivity index (χ1) is 10.1. The minimum atomic E-state index is -3.30. The second-order valence-electron chi connectivity index (χ2n) is 4.70. The predicted molar refractivity (Wildman–Crippen MR) is 84.6 cm³/mol. The van der Waals surface area contributed by atoms with E-state index >= 15 is 0 Å². The first-order valence-electron chi connectivity index (χ1n) is 6.59. The average molecular weight is 325 g/mol. The monoisotopic (exact) mass is 324 g/mol. The van der Waals surface area contributed by atoms with Crippen LogP contribution >= 0.6 is 11.6 Å². The Hall–Kier alpha value is -1.43. The smallest absolute Gasteiger partial charge is 0.212 e. The molecule has 0 radical (unpaired) electrons. The van der Waals surface area contributed by atoms with Crippen LogP contribution in [0.4, 0.5) is 0 Å². The van der Waals surface area contributed by atoms with Gasteiger partial charge in [-0.25, -0.2) is 13.1 Å². The van der Waals surface area contributed by atoms with E-state index in [-0.39, 0.29) is 12.3 Å². The van der Waals surface area contributed by atoms with Gasteiger partial charge < -0.3 is 0 Å². The Morgan fingerprint density at radius 2 is 1.76 bits per heavy atom. The minimum absolute atomic E-state index is 0.0617. The SMILES string of the molecule is O=S(=O)(CCc1ccncc1)NCc1cccc(CCl)c1. The fraction of sp³-hybridized carbons (Fsp3) is 0.267. The Balaban J connectivity index is 1.89. The van der Waals surface area contributed by atoms with E-state index in [0.717, 1.165) is 16.7 Å². The van der Waals surface area contributed by atoms with Crippen molar-refractivity contribution in [2.45, 2.75) is 18.8 Å². The molecule has 1 aromatic heterocycles. The van der Waals surface area contributed by atoms with Crippen LogP contribution in [0.15, 0.2) is 48.8 Å². The zero-order valence-corrected chi connectivity index (χ0v) is 13.1. The van der Waals surface area contributed by atoms with E-state index in [1.54, 1.807) is 12.4 Å². The molecule has 0 amide bonds. The predicted octanol–water partition coefficient (Wildman–Crippen LogP) is 2.48. The summed E-state index contributed by atoms with van der Waals surface area (Å²) in [6.07, 6.45) is 3.79. The molecule has 6 heteroatoms. The van der Waals surface area contributed by atoms with Gasteiger partial charge in [0, 0.05) is 24.8 Å². The van der Waals surface area contributed by atoms with E-state index < -0.39 is 10.0 Å². The van der Waals surface area contributed by atoms with Crippen molar-refractivity contribution in [1.29, 1.82) is 0 Å². The van der Waals surface area contributed by atoms with Gasteiger partial charge in [0.1, 0.15) is 0 Å². The van der Waals surface area contributed by atoms with Crippen molar-refractivity contribution < 1.29 is 8.42 Å². The highest BCUT2D eigenvalue weighted by molar-refractivity contribution is 7.89. The average Bonchev–Trinajstić information content (AvgIpc) is 2.52.